The molecule has 2 aromatic rings. The van der Waals surface area contributed by atoms with E-state index >= 15 is 0 Å². The Morgan fingerprint density at radius 1 is 1.09 bits per heavy atom. The molecule has 5 nitrogen and oxygen atoms in total. The summed E-state index contributed by atoms with van der Waals surface area (Å²) in [6.07, 6.45) is 0.0122. The number of oxime groups is 1. The molecule has 2 rings (SSSR count). The van der Waals surface area contributed by atoms with Crippen molar-refractivity contribution in [2.24, 2.45) is 5.16 Å². The lowest BCUT2D eigenvalue weighted by atomic mass is 10.1. The smallest absolute Gasteiger partial charge is 0.427 e. The first-order valence-electron chi connectivity index (χ1n) is 7.15. The van der Waals surface area contributed by atoms with Crippen LogP contribution < -0.4 is 0 Å². The first-order chi connectivity index (χ1) is 11.2. The summed E-state index contributed by atoms with van der Waals surface area (Å²) in [5.74, 6) is -0.00477. The molecule has 23 heavy (non-hydrogen) atoms. The van der Waals surface area contributed by atoms with Gasteiger partial charge in [0, 0.05) is 5.56 Å². The van der Waals surface area contributed by atoms with Crippen LogP contribution in [0.3, 0.4) is 0 Å². The molecule has 0 N–H and O–H groups in total. The maximum atomic E-state index is 11.5. The number of aryl methyl sites for hydroxylation is 1. The van der Waals surface area contributed by atoms with Crippen LogP contribution in [-0.4, -0.2) is 12.0 Å². The fourth-order valence-corrected chi connectivity index (χ4v) is 1.85. The van der Waals surface area contributed by atoms with Crippen molar-refractivity contribution in [2.75, 3.05) is 0 Å². The topological polar surface area (TPSA) is 52.2 Å². The van der Waals surface area contributed by atoms with Crippen LogP contribution in [0.2, 0.25) is 0 Å². The van der Waals surface area contributed by atoms with Crippen LogP contribution in [0.25, 0.3) is 4.85 Å². The Hall–Kier alpha value is -3.13. The summed E-state index contributed by atoms with van der Waals surface area (Å²) >= 11 is 0. The molecule has 0 amide bonds. The van der Waals surface area contributed by atoms with E-state index in [2.05, 4.69) is 21.8 Å². The largest absolute Gasteiger partial charge is 0.554 e. The van der Waals surface area contributed by atoms with Crippen molar-refractivity contribution in [3.63, 3.8) is 0 Å². The van der Waals surface area contributed by atoms with Crippen molar-refractivity contribution in [2.45, 2.75) is 20.0 Å². The van der Waals surface area contributed by atoms with Gasteiger partial charge in [-0.2, -0.15) is 9.63 Å². The minimum Gasteiger partial charge on any atom is -0.427 e. The number of hydrogen-bond donors (Lipinski definition) is 0. The molecule has 0 unspecified atom stereocenters. The van der Waals surface area contributed by atoms with Gasteiger partial charge in [0.25, 0.3) is 0 Å². The van der Waals surface area contributed by atoms with Gasteiger partial charge in [-0.1, -0.05) is 68.1 Å². The molecule has 0 fully saturated rings. The molecule has 2 aromatic carbocycles. The van der Waals surface area contributed by atoms with Crippen molar-refractivity contribution in [3.05, 3.63) is 82.7 Å². The van der Waals surface area contributed by atoms with Crippen LogP contribution in [0.4, 0.5) is 4.79 Å². The van der Waals surface area contributed by atoms with E-state index in [-0.39, 0.29) is 12.4 Å². The zero-order valence-corrected chi connectivity index (χ0v) is 12.7. The summed E-state index contributed by atoms with van der Waals surface area (Å²) in [6.45, 7) is 9.24. The fourth-order valence-electron chi connectivity index (χ4n) is 1.85. The Balaban J connectivity index is 1.89. The second-order valence-corrected chi connectivity index (χ2v) is 4.69. The van der Waals surface area contributed by atoms with Gasteiger partial charge in [0.05, 0.1) is 5.16 Å². The SMILES string of the molecule is [C-]#[N+]/C(=N/OC(=O)OCc1ccc(CC)cc1)c1ccccc1. The normalized spacial score (nSPS) is 10.7. The number of nitrogens with zero attached hydrogens (tertiary/aromatic N) is 2. The van der Waals surface area contributed by atoms with E-state index in [9.17, 15) is 4.79 Å². The second kappa shape index (κ2) is 8.35. The van der Waals surface area contributed by atoms with Gasteiger partial charge in [0.2, 0.25) is 0 Å². The number of rotatable bonds is 5. The third-order valence-electron chi connectivity index (χ3n) is 3.13. The average Bonchev–Trinajstić information content (AvgIpc) is 2.62. The quantitative estimate of drug-likeness (QED) is 0.208. The molecule has 0 aromatic heterocycles. The van der Waals surface area contributed by atoms with Crippen molar-refractivity contribution >= 4 is 12.0 Å². The van der Waals surface area contributed by atoms with Gasteiger partial charge in [-0.25, -0.2) is 0 Å². The maximum absolute atomic E-state index is 11.5. The van der Waals surface area contributed by atoms with E-state index < -0.39 is 6.16 Å². The average molecular weight is 308 g/mol. The standard InChI is InChI=1S/C18H16N2O3/c1-3-14-9-11-15(12-10-14)13-22-18(21)23-20-17(19-2)16-7-5-4-6-8-16/h4-12H,3,13H2,1H3/b20-17+. The molecule has 116 valence electrons. The van der Waals surface area contributed by atoms with E-state index in [1.54, 1.807) is 24.3 Å². The number of amidine groups is 1. The molecule has 0 heterocycles. The predicted molar refractivity (Wildman–Crippen MR) is 86.7 cm³/mol. The van der Waals surface area contributed by atoms with Crippen molar-refractivity contribution in [3.8, 4) is 0 Å². The van der Waals surface area contributed by atoms with Crippen LogP contribution in [-0.2, 0) is 22.6 Å². The molecule has 5 heteroatoms. The lowest BCUT2D eigenvalue weighted by Gasteiger charge is -2.02. The lowest BCUT2D eigenvalue weighted by molar-refractivity contribution is 0.0520. The Bertz CT molecular complexity index is 716. The van der Waals surface area contributed by atoms with E-state index in [4.69, 9.17) is 11.3 Å². The summed E-state index contributed by atoms with van der Waals surface area (Å²) in [5.41, 5.74) is 2.65. The highest BCUT2D eigenvalue weighted by Gasteiger charge is 2.10. The highest BCUT2D eigenvalue weighted by Crippen LogP contribution is 2.07. The van der Waals surface area contributed by atoms with Gasteiger partial charge in [-0.3, -0.25) is 0 Å². The molecule has 0 radical (unpaired) electrons. The summed E-state index contributed by atoms with van der Waals surface area (Å²) in [5, 5.41) is 3.54. The van der Waals surface area contributed by atoms with Gasteiger partial charge in [0.1, 0.15) is 6.61 Å². The highest BCUT2D eigenvalue weighted by atomic mass is 16.8. The third-order valence-corrected chi connectivity index (χ3v) is 3.13. The van der Waals surface area contributed by atoms with Gasteiger partial charge in [0.15, 0.2) is 0 Å². The minimum absolute atomic E-state index is 0.00477. The predicted octanol–water partition coefficient (Wildman–Crippen LogP) is 4.18. The minimum atomic E-state index is -0.943. The summed E-state index contributed by atoms with van der Waals surface area (Å²) < 4.78 is 4.96. The first-order valence-corrected chi connectivity index (χ1v) is 7.15. The molecule has 0 saturated heterocycles. The summed E-state index contributed by atoms with van der Waals surface area (Å²) in [6, 6.07) is 16.5. The zero-order valence-electron chi connectivity index (χ0n) is 12.7. The maximum Gasteiger partial charge on any atom is 0.554 e. The van der Waals surface area contributed by atoms with Gasteiger partial charge in [-0.05, 0) is 17.5 Å². The van der Waals surface area contributed by atoms with Crippen molar-refractivity contribution in [1.29, 1.82) is 0 Å². The molecular weight excluding hydrogens is 292 g/mol. The number of ether oxygens (including phenoxy) is 1. The van der Waals surface area contributed by atoms with Crippen molar-refractivity contribution in [1.82, 2.24) is 0 Å². The van der Waals surface area contributed by atoms with Gasteiger partial charge >= 0.3 is 12.0 Å². The highest BCUT2D eigenvalue weighted by molar-refractivity contribution is 6.05. The Kier molecular flexibility index (Phi) is 5.89. The molecular formula is C18H16N2O3. The Labute approximate surface area is 135 Å². The number of carbonyl (C=O) groups excluding carboxylic acids is 1. The van der Waals surface area contributed by atoms with Crippen LogP contribution >= 0.6 is 0 Å². The fraction of sp³-hybridized carbons (Fsp3) is 0.167. The first kappa shape index (κ1) is 16.2. The monoisotopic (exact) mass is 308 g/mol. The summed E-state index contributed by atoms with van der Waals surface area (Å²) in [4.78, 5) is 19.4. The number of hydrogen-bond acceptors (Lipinski definition) is 4. The third kappa shape index (κ3) is 4.97. The number of benzene rings is 2. The van der Waals surface area contributed by atoms with Crippen LogP contribution in [0.15, 0.2) is 59.8 Å². The molecule has 0 saturated carbocycles. The molecule has 0 aliphatic carbocycles. The zero-order chi connectivity index (χ0) is 16.5. The Morgan fingerprint density at radius 3 is 2.35 bits per heavy atom. The molecule has 0 atom stereocenters. The van der Waals surface area contributed by atoms with E-state index in [1.165, 1.54) is 5.56 Å². The lowest BCUT2D eigenvalue weighted by Crippen LogP contribution is -2.06. The number of carbonyl (C=O) groups is 1. The van der Waals surface area contributed by atoms with Crippen molar-refractivity contribution < 1.29 is 14.4 Å². The van der Waals surface area contributed by atoms with Gasteiger partial charge in [-0.15, -0.1) is 0 Å². The van der Waals surface area contributed by atoms with Crippen LogP contribution in [0.1, 0.15) is 23.6 Å². The molecule has 0 aliphatic rings. The van der Waals surface area contributed by atoms with E-state index in [0.29, 0.717) is 5.56 Å². The van der Waals surface area contributed by atoms with Crippen LogP contribution in [0, 0.1) is 6.57 Å². The van der Waals surface area contributed by atoms with E-state index in [0.717, 1.165) is 12.0 Å². The summed E-state index contributed by atoms with van der Waals surface area (Å²) in [7, 11) is 0. The molecule has 0 bridgehead atoms. The molecule has 0 spiro atoms. The van der Waals surface area contributed by atoms with Crippen LogP contribution in [0.5, 0.6) is 0 Å². The Morgan fingerprint density at radius 2 is 1.74 bits per heavy atom. The second-order valence-electron chi connectivity index (χ2n) is 4.69. The van der Waals surface area contributed by atoms with Gasteiger partial charge < -0.3 is 9.58 Å². The van der Waals surface area contributed by atoms with E-state index in [1.807, 2.05) is 30.3 Å². The molecule has 0 aliphatic heterocycles.